The Kier molecular flexibility index (Phi) is 5.43. The van der Waals surface area contributed by atoms with Crippen LogP contribution < -0.4 is 5.32 Å². The number of urea groups is 1. The van der Waals surface area contributed by atoms with Crippen LogP contribution in [0.15, 0.2) is 28.8 Å². The molecule has 7 heteroatoms. The molecule has 1 aliphatic rings. The Balaban J connectivity index is 1.71. The van der Waals surface area contributed by atoms with E-state index in [9.17, 15) is 4.79 Å². The molecule has 25 heavy (non-hydrogen) atoms. The van der Waals surface area contributed by atoms with Crippen molar-refractivity contribution in [2.45, 2.75) is 51.8 Å². The molecule has 3 heterocycles. The SMILES string of the molecule is CC[C@H](C)n1nccc1NC(=O)N1CCC[C@@H]1c1ccc(COC)o1. The summed E-state index contributed by atoms with van der Waals surface area (Å²) in [6, 6.07) is 5.77. The lowest BCUT2D eigenvalue weighted by Crippen LogP contribution is -2.35. The molecule has 0 aromatic carbocycles. The van der Waals surface area contributed by atoms with E-state index in [4.69, 9.17) is 9.15 Å². The van der Waals surface area contributed by atoms with Gasteiger partial charge in [-0.1, -0.05) is 6.92 Å². The molecule has 0 radical (unpaired) electrons. The highest BCUT2D eigenvalue weighted by atomic mass is 16.5. The molecule has 1 N–H and O–H groups in total. The second kappa shape index (κ2) is 7.74. The summed E-state index contributed by atoms with van der Waals surface area (Å²) in [5.41, 5.74) is 0. The van der Waals surface area contributed by atoms with Crippen molar-refractivity contribution >= 4 is 11.8 Å². The number of rotatable bonds is 6. The lowest BCUT2D eigenvalue weighted by Gasteiger charge is -2.24. The second-order valence-corrected chi connectivity index (χ2v) is 6.44. The summed E-state index contributed by atoms with van der Waals surface area (Å²) in [5, 5.41) is 7.32. The van der Waals surface area contributed by atoms with Gasteiger partial charge < -0.3 is 14.1 Å². The number of hydrogen-bond donors (Lipinski definition) is 1. The molecule has 2 aromatic rings. The van der Waals surface area contributed by atoms with E-state index in [1.807, 2.05) is 27.8 Å². The van der Waals surface area contributed by atoms with Crippen LogP contribution in [0.3, 0.4) is 0 Å². The largest absolute Gasteiger partial charge is 0.461 e. The number of furan rings is 1. The Morgan fingerprint density at radius 1 is 1.48 bits per heavy atom. The quantitative estimate of drug-likeness (QED) is 0.859. The minimum atomic E-state index is -0.114. The van der Waals surface area contributed by atoms with Crippen LogP contribution in [0.2, 0.25) is 0 Å². The summed E-state index contributed by atoms with van der Waals surface area (Å²) >= 11 is 0. The zero-order chi connectivity index (χ0) is 17.8. The fourth-order valence-corrected chi connectivity index (χ4v) is 3.22. The molecular weight excluding hydrogens is 320 g/mol. The van der Waals surface area contributed by atoms with E-state index in [1.54, 1.807) is 13.3 Å². The molecule has 0 unspecified atom stereocenters. The monoisotopic (exact) mass is 346 g/mol. The molecule has 0 spiro atoms. The molecule has 2 amide bonds. The standard InChI is InChI=1S/C18H26N4O3/c1-4-13(2)22-17(9-10-19-22)20-18(23)21-11-5-6-15(21)16-8-7-14(25-16)12-24-3/h7-10,13,15H,4-6,11-12H2,1-3H3,(H,20,23)/t13-,15+/m0/s1. The van der Waals surface area contributed by atoms with Gasteiger partial charge in [-0.05, 0) is 38.3 Å². The zero-order valence-electron chi connectivity index (χ0n) is 15.1. The maximum Gasteiger partial charge on any atom is 0.323 e. The Labute approximate surface area is 147 Å². The Morgan fingerprint density at radius 3 is 3.08 bits per heavy atom. The number of nitrogens with one attached hydrogen (secondary N) is 1. The second-order valence-electron chi connectivity index (χ2n) is 6.44. The number of aromatic nitrogens is 2. The highest BCUT2D eigenvalue weighted by Crippen LogP contribution is 2.33. The summed E-state index contributed by atoms with van der Waals surface area (Å²) in [6.45, 7) is 5.34. The molecule has 136 valence electrons. The number of likely N-dealkylation sites (tertiary alicyclic amines) is 1. The van der Waals surface area contributed by atoms with E-state index in [1.165, 1.54) is 0 Å². The smallest absolute Gasteiger partial charge is 0.323 e. The molecule has 1 fully saturated rings. The number of methoxy groups -OCH3 is 1. The van der Waals surface area contributed by atoms with Gasteiger partial charge in [-0.3, -0.25) is 5.32 Å². The normalized spacial score (nSPS) is 18.5. The summed E-state index contributed by atoms with van der Waals surface area (Å²) in [4.78, 5) is 14.6. The minimum Gasteiger partial charge on any atom is -0.461 e. The van der Waals surface area contributed by atoms with E-state index >= 15 is 0 Å². The van der Waals surface area contributed by atoms with Crippen molar-refractivity contribution in [2.24, 2.45) is 0 Å². The molecule has 1 aliphatic heterocycles. The van der Waals surface area contributed by atoms with Gasteiger partial charge in [-0.25, -0.2) is 9.48 Å². The number of ether oxygens (including phenoxy) is 1. The third-order valence-electron chi connectivity index (χ3n) is 4.72. The van der Waals surface area contributed by atoms with E-state index in [0.717, 1.165) is 36.6 Å². The number of carbonyl (C=O) groups is 1. The fraction of sp³-hybridized carbons (Fsp3) is 0.556. The average molecular weight is 346 g/mol. The van der Waals surface area contributed by atoms with Gasteiger partial charge in [0.15, 0.2) is 0 Å². The highest BCUT2D eigenvalue weighted by Gasteiger charge is 2.32. The predicted octanol–water partition coefficient (Wildman–Crippen LogP) is 3.96. The van der Waals surface area contributed by atoms with Gasteiger partial charge in [0.1, 0.15) is 23.9 Å². The Hall–Kier alpha value is -2.28. The maximum absolute atomic E-state index is 12.8. The van der Waals surface area contributed by atoms with Crippen molar-refractivity contribution in [1.29, 1.82) is 0 Å². The first-order valence-electron chi connectivity index (χ1n) is 8.82. The lowest BCUT2D eigenvalue weighted by molar-refractivity contribution is 0.157. The van der Waals surface area contributed by atoms with Crippen LogP contribution >= 0.6 is 0 Å². The zero-order valence-corrected chi connectivity index (χ0v) is 15.1. The van der Waals surface area contributed by atoms with Crippen molar-refractivity contribution in [1.82, 2.24) is 14.7 Å². The summed E-state index contributed by atoms with van der Waals surface area (Å²) < 4.78 is 12.8. The van der Waals surface area contributed by atoms with Gasteiger partial charge in [0, 0.05) is 19.7 Å². The molecule has 2 atom stereocenters. The van der Waals surface area contributed by atoms with E-state index in [-0.39, 0.29) is 18.1 Å². The number of nitrogens with zero attached hydrogens (tertiary/aromatic N) is 3. The highest BCUT2D eigenvalue weighted by molar-refractivity contribution is 5.88. The number of amides is 2. The van der Waals surface area contributed by atoms with Crippen LogP contribution in [0.1, 0.15) is 56.7 Å². The number of hydrogen-bond acceptors (Lipinski definition) is 4. The molecular formula is C18H26N4O3. The number of carbonyl (C=O) groups excluding carboxylic acids is 1. The van der Waals surface area contributed by atoms with Crippen LogP contribution in [-0.4, -0.2) is 34.4 Å². The first-order chi connectivity index (χ1) is 12.1. The van der Waals surface area contributed by atoms with Gasteiger partial charge in [0.05, 0.1) is 18.3 Å². The Morgan fingerprint density at radius 2 is 2.32 bits per heavy atom. The van der Waals surface area contributed by atoms with Crippen LogP contribution in [0.25, 0.3) is 0 Å². The van der Waals surface area contributed by atoms with Crippen molar-refractivity contribution < 1.29 is 13.9 Å². The lowest BCUT2D eigenvalue weighted by atomic mass is 10.2. The van der Waals surface area contributed by atoms with Gasteiger partial charge >= 0.3 is 6.03 Å². The number of anilines is 1. The molecule has 0 saturated carbocycles. The van der Waals surface area contributed by atoms with E-state index in [0.29, 0.717) is 13.2 Å². The molecule has 3 rings (SSSR count). The summed E-state index contributed by atoms with van der Waals surface area (Å²) in [6.07, 6.45) is 4.53. The predicted molar refractivity (Wildman–Crippen MR) is 94.3 cm³/mol. The topological polar surface area (TPSA) is 72.5 Å². The average Bonchev–Trinajstić information content (AvgIpc) is 3.34. The van der Waals surface area contributed by atoms with E-state index in [2.05, 4.69) is 24.3 Å². The fourth-order valence-electron chi connectivity index (χ4n) is 3.22. The molecule has 1 saturated heterocycles. The molecule has 0 bridgehead atoms. The van der Waals surface area contributed by atoms with Crippen molar-refractivity contribution in [3.63, 3.8) is 0 Å². The van der Waals surface area contributed by atoms with Crippen LogP contribution in [0.4, 0.5) is 10.6 Å². The molecule has 7 nitrogen and oxygen atoms in total. The van der Waals surface area contributed by atoms with Crippen molar-refractivity contribution in [2.75, 3.05) is 19.0 Å². The molecule has 2 aromatic heterocycles. The van der Waals surface area contributed by atoms with Gasteiger partial charge in [0.2, 0.25) is 0 Å². The molecule has 0 aliphatic carbocycles. The van der Waals surface area contributed by atoms with Crippen LogP contribution in [0.5, 0.6) is 0 Å². The minimum absolute atomic E-state index is 0.0365. The van der Waals surface area contributed by atoms with Crippen molar-refractivity contribution in [3.8, 4) is 0 Å². The third-order valence-corrected chi connectivity index (χ3v) is 4.72. The van der Waals surface area contributed by atoms with Crippen molar-refractivity contribution in [3.05, 3.63) is 35.9 Å². The first-order valence-corrected chi connectivity index (χ1v) is 8.82. The Bertz CT molecular complexity index is 709. The maximum atomic E-state index is 12.8. The van der Waals surface area contributed by atoms with Crippen LogP contribution in [-0.2, 0) is 11.3 Å². The van der Waals surface area contributed by atoms with Crippen LogP contribution in [0, 0.1) is 0 Å². The summed E-state index contributed by atoms with van der Waals surface area (Å²) in [5.74, 6) is 2.32. The summed E-state index contributed by atoms with van der Waals surface area (Å²) in [7, 11) is 1.64. The van der Waals surface area contributed by atoms with Gasteiger partial charge in [0.25, 0.3) is 0 Å². The van der Waals surface area contributed by atoms with Gasteiger partial charge in [-0.2, -0.15) is 5.10 Å². The first kappa shape index (κ1) is 17.5. The van der Waals surface area contributed by atoms with Gasteiger partial charge in [-0.15, -0.1) is 0 Å². The van der Waals surface area contributed by atoms with E-state index < -0.39 is 0 Å². The third kappa shape index (κ3) is 3.71.